The van der Waals surface area contributed by atoms with Crippen LogP contribution in [-0.2, 0) is 6.42 Å². The molecule has 1 N–H and O–H groups in total. The van der Waals surface area contributed by atoms with Crippen LogP contribution in [0.25, 0.3) is 11.4 Å². The van der Waals surface area contributed by atoms with Gasteiger partial charge in [-0.15, -0.1) is 0 Å². The number of aromatic nitrogens is 2. The molecule has 0 spiro atoms. The van der Waals surface area contributed by atoms with Crippen LogP contribution in [0.2, 0.25) is 0 Å². The fourth-order valence-corrected chi connectivity index (χ4v) is 3.36. The van der Waals surface area contributed by atoms with Gasteiger partial charge in [-0.05, 0) is 25.1 Å². The first-order chi connectivity index (χ1) is 12.2. The SMILES string of the molecule is CCOc1cccc2c1Oc1[nH]c(-c3ccc(Br)cc3)nc(=S)c1C2. The van der Waals surface area contributed by atoms with E-state index in [1.807, 2.05) is 49.4 Å². The second-order valence-corrected chi connectivity index (χ2v) is 6.96. The summed E-state index contributed by atoms with van der Waals surface area (Å²) >= 11 is 8.96. The quantitative estimate of drug-likeness (QED) is 0.439. The molecular formula is C19H15BrN2O2S. The molecule has 1 aliphatic rings. The van der Waals surface area contributed by atoms with Crippen LogP contribution in [0, 0.1) is 4.64 Å². The molecule has 1 aromatic heterocycles. The third-order valence-electron chi connectivity index (χ3n) is 4.03. The van der Waals surface area contributed by atoms with E-state index in [1.165, 1.54) is 0 Å². The Morgan fingerprint density at radius 2 is 2.04 bits per heavy atom. The summed E-state index contributed by atoms with van der Waals surface area (Å²) in [7, 11) is 0. The van der Waals surface area contributed by atoms with Gasteiger partial charge in [-0.1, -0.05) is 52.4 Å². The molecule has 1 aliphatic heterocycles. The molecule has 6 heteroatoms. The van der Waals surface area contributed by atoms with Gasteiger partial charge in [0.15, 0.2) is 11.5 Å². The molecule has 126 valence electrons. The van der Waals surface area contributed by atoms with Crippen molar-refractivity contribution in [3.63, 3.8) is 0 Å². The summed E-state index contributed by atoms with van der Waals surface area (Å²) in [6, 6.07) is 13.8. The third-order valence-corrected chi connectivity index (χ3v) is 4.89. The number of ether oxygens (including phenoxy) is 2. The lowest BCUT2D eigenvalue weighted by atomic mass is 10.0. The maximum absolute atomic E-state index is 6.13. The van der Waals surface area contributed by atoms with E-state index >= 15 is 0 Å². The Balaban J connectivity index is 1.79. The maximum atomic E-state index is 6.13. The van der Waals surface area contributed by atoms with Crippen molar-refractivity contribution in [2.45, 2.75) is 13.3 Å². The predicted molar refractivity (Wildman–Crippen MR) is 103 cm³/mol. The minimum absolute atomic E-state index is 0.555. The van der Waals surface area contributed by atoms with E-state index in [9.17, 15) is 0 Å². The number of halogens is 1. The molecular weight excluding hydrogens is 400 g/mol. The summed E-state index contributed by atoms with van der Waals surface area (Å²) in [5.74, 6) is 2.81. The monoisotopic (exact) mass is 414 g/mol. The van der Waals surface area contributed by atoms with Crippen molar-refractivity contribution in [3.8, 4) is 28.8 Å². The van der Waals surface area contributed by atoms with E-state index in [4.69, 9.17) is 21.7 Å². The highest BCUT2D eigenvalue weighted by Crippen LogP contribution is 2.42. The lowest BCUT2D eigenvalue weighted by Crippen LogP contribution is -2.09. The number of benzene rings is 2. The molecule has 4 rings (SSSR count). The van der Waals surface area contributed by atoms with Crippen molar-refractivity contribution >= 4 is 28.1 Å². The molecule has 2 aromatic carbocycles. The number of hydrogen-bond acceptors (Lipinski definition) is 4. The first-order valence-electron chi connectivity index (χ1n) is 7.97. The standard InChI is InChI=1S/C19H15BrN2O2S/c1-2-23-15-5-3-4-12-10-14-18(24-16(12)15)21-17(22-19(14)25)11-6-8-13(20)9-7-11/h3-9H,2,10H2,1H3,(H,21,22,25). The predicted octanol–water partition coefficient (Wildman–Crippen LogP) is 5.66. The first kappa shape index (κ1) is 16.3. The number of para-hydroxylation sites is 1. The lowest BCUT2D eigenvalue weighted by molar-refractivity contribution is 0.315. The zero-order valence-corrected chi connectivity index (χ0v) is 15.9. The zero-order chi connectivity index (χ0) is 17.4. The van der Waals surface area contributed by atoms with Crippen LogP contribution in [0.1, 0.15) is 18.1 Å². The molecule has 0 saturated heterocycles. The molecule has 0 radical (unpaired) electrons. The smallest absolute Gasteiger partial charge is 0.205 e. The van der Waals surface area contributed by atoms with Crippen molar-refractivity contribution in [1.29, 1.82) is 0 Å². The second-order valence-electron chi connectivity index (χ2n) is 5.66. The Morgan fingerprint density at radius 1 is 1.24 bits per heavy atom. The Morgan fingerprint density at radius 3 is 2.80 bits per heavy atom. The fourth-order valence-electron chi connectivity index (χ4n) is 2.84. The van der Waals surface area contributed by atoms with Crippen LogP contribution in [0.4, 0.5) is 0 Å². The van der Waals surface area contributed by atoms with Crippen LogP contribution in [0.3, 0.4) is 0 Å². The highest BCUT2D eigenvalue weighted by molar-refractivity contribution is 9.10. The van der Waals surface area contributed by atoms with Gasteiger partial charge < -0.3 is 14.5 Å². The Hall–Kier alpha value is -2.18. The number of aromatic amines is 1. The van der Waals surface area contributed by atoms with Crippen molar-refractivity contribution in [1.82, 2.24) is 9.97 Å². The van der Waals surface area contributed by atoms with Crippen LogP contribution in [0.15, 0.2) is 46.9 Å². The largest absolute Gasteiger partial charge is 0.490 e. The normalized spacial score (nSPS) is 12.1. The minimum atomic E-state index is 0.555. The van der Waals surface area contributed by atoms with Crippen molar-refractivity contribution in [3.05, 3.63) is 62.7 Å². The van der Waals surface area contributed by atoms with Gasteiger partial charge in [0.05, 0.1) is 12.2 Å². The molecule has 0 bridgehead atoms. The highest BCUT2D eigenvalue weighted by Gasteiger charge is 2.23. The van der Waals surface area contributed by atoms with Gasteiger partial charge in [0.1, 0.15) is 10.5 Å². The fraction of sp³-hybridized carbons (Fsp3) is 0.158. The topological polar surface area (TPSA) is 47.1 Å². The summed E-state index contributed by atoms with van der Waals surface area (Å²) in [6.07, 6.45) is 0.675. The summed E-state index contributed by atoms with van der Waals surface area (Å²) in [5, 5.41) is 0. The summed E-state index contributed by atoms with van der Waals surface area (Å²) in [6.45, 7) is 2.54. The molecule has 25 heavy (non-hydrogen) atoms. The first-order valence-corrected chi connectivity index (χ1v) is 9.17. The molecule has 4 nitrogen and oxygen atoms in total. The summed E-state index contributed by atoms with van der Waals surface area (Å²) < 4.78 is 13.4. The van der Waals surface area contributed by atoms with Crippen LogP contribution < -0.4 is 9.47 Å². The van der Waals surface area contributed by atoms with E-state index in [-0.39, 0.29) is 0 Å². The van der Waals surface area contributed by atoms with Crippen LogP contribution in [0.5, 0.6) is 17.4 Å². The summed E-state index contributed by atoms with van der Waals surface area (Å²) in [4.78, 5) is 7.83. The summed E-state index contributed by atoms with van der Waals surface area (Å²) in [5.41, 5.74) is 2.90. The molecule has 0 aliphatic carbocycles. The number of fused-ring (bicyclic) bond motifs is 2. The lowest BCUT2D eigenvalue weighted by Gasteiger charge is -2.22. The average Bonchev–Trinajstić information content (AvgIpc) is 2.62. The Kier molecular flexibility index (Phi) is 4.31. The van der Waals surface area contributed by atoms with Crippen molar-refractivity contribution < 1.29 is 9.47 Å². The van der Waals surface area contributed by atoms with Gasteiger partial charge in [-0.25, -0.2) is 4.98 Å². The van der Waals surface area contributed by atoms with Crippen molar-refractivity contribution in [2.24, 2.45) is 0 Å². The van der Waals surface area contributed by atoms with E-state index < -0.39 is 0 Å². The van der Waals surface area contributed by atoms with E-state index in [2.05, 4.69) is 25.9 Å². The number of H-pyrrole nitrogens is 1. The molecule has 0 atom stereocenters. The van der Waals surface area contributed by atoms with E-state index in [1.54, 1.807) is 0 Å². The van der Waals surface area contributed by atoms with Crippen molar-refractivity contribution in [2.75, 3.05) is 6.61 Å². The van der Waals surface area contributed by atoms with Gasteiger partial charge in [0, 0.05) is 22.0 Å². The molecule has 2 heterocycles. The third kappa shape index (κ3) is 3.07. The Bertz CT molecular complexity index is 999. The van der Waals surface area contributed by atoms with Gasteiger partial charge in [0.25, 0.3) is 0 Å². The number of nitrogens with zero attached hydrogens (tertiary/aromatic N) is 1. The average molecular weight is 415 g/mol. The van der Waals surface area contributed by atoms with E-state index in [0.717, 1.165) is 32.7 Å². The van der Waals surface area contributed by atoms with Gasteiger partial charge in [-0.2, -0.15) is 0 Å². The second kappa shape index (κ2) is 6.61. The zero-order valence-electron chi connectivity index (χ0n) is 13.5. The molecule has 0 fully saturated rings. The van der Waals surface area contributed by atoms with Crippen LogP contribution >= 0.6 is 28.1 Å². The molecule has 0 saturated carbocycles. The van der Waals surface area contributed by atoms with E-state index in [0.29, 0.717) is 29.4 Å². The van der Waals surface area contributed by atoms with Gasteiger partial charge in [0.2, 0.25) is 5.88 Å². The molecule has 0 unspecified atom stereocenters. The van der Waals surface area contributed by atoms with Gasteiger partial charge >= 0.3 is 0 Å². The van der Waals surface area contributed by atoms with Gasteiger partial charge in [-0.3, -0.25) is 0 Å². The van der Waals surface area contributed by atoms with Crippen LogP contribution in [-0.4, -0.2) is 16.6 Å². The minimum Gasteiger partial charge on any atom is -0.490 e. The Labute approximate surface area is 159 Å². The number of rotatable bonds is 3. The number of hydrogen-bond donors (Lipinski definition) is 1. The maximum Gasteiger partial charge on any atom is 0.205 e. The highest BCUT2D eigenvalue weighted by atomic mass is 79.9. The molecule has 0 amide bonds. The number of nitrogens with one attached hydrogen (secondary N) is 1. The molecule has 3 aromatic rings.